The smallest absolute Gasteiger partial charge is 0.246 e. The summed E-state index contributed by atoms with van der Waals surface area (Å²) < 4.78 is 0. The molecular weight excluding hydrogens is 479 g/mol. The Morgan fingerprint density at radius 2 is 1.82 bits per heavy atom. The number of hydrogen-bond acceptors (Lipinski definition) is 2. The van der Waals surface area contributed by atoms with E-state index in [1.165, 1.54) is 0 Å². The van der Waals surface area contributed by atoms with Gasteiger partial charge in [0.05, 0.1) is 0 Å². The third-order valence-electron chi connectivity index (χ3n) is 7.17. The molecule has 2 aromatic rings. The molecule has 176 valence electrons. The molecule has 0 bridgehead atoms. The molecule has 2 aromatic carbocycles. The van der Waals surface area contributed by atoms with Gasteiger partial charge in [0.15, 0.2) is 0 Å². The van der Waals surface area contributed by atoms with Crippen LogP contribution in [-0.4, -0.2) is 23.9 Å². The van der Waals surface area contributed by atoms with Gasteiger partial charge in [-0.15, -0.1) is 0 Å². The average Bonchev–Trinajstić information content (AvgIpc) is 3.09. The summed E-state index contributed by atoms with van der Waals surface area (Å²) in [4.78, 5) is 26.1. The SMILES string of the molecule is CC(C)CCC(=O)N[C@@]12CC[C@@H](c3ccc(Cl)cc3Cl)[C@H](c3ccc(Cl)cc3)[C@@H]1CNC2=O. The van der Waals surface area contributed by atoms with Crippen LogP contribution in [0.5, 0.6) is 0 Å². The summed E-state index contributed by atoms with van der Waals surface area (Å²) in [6.45, 7) is 4.68. The van der Waals surface area contributed by atoms with Crippen molar-refractivity contribution >= 4 is 46.6 Å². The van der Waals surface area contributed by atoms with Crippen LogP contribution >= 0.6 is 34.8 Å². The molecule has 4 atom stereocenters. The molecule has 0 aromatic heterocycles. The Kier molecular flexibility index (Phi) is 7.28. The second-order valence-corrected chi connectivity index (χ2v) is 10.9. The van der Waals surface area contributed by atoms with Crippen molar-refractivity contribution < 1.29 is 9.59 Å². The highest BCUT2D eigenvalue weighted by molar-refractivity contribution is 6.35. The molecule has 1 saturated carbocycles. The number of rotatable bonds is 6. The predicted molar refractivity (Wildman–Crippen MR) is 134 cm³/mol. The van der Waals surface area contributed by atoms with Crippen molar-refractivity contribution in [2.24, 2.45) is 11.8 Å². The van der Waals surface area contributed by atoms with Gasteiger partial charge in [-0.1, -0.05) is 66.8 Å². The lowest BCUT2D eigenvalue weighted by molar-refractivity contribution is -0.134. The molecule has 2 fully saturated rings. The number of carbonyl (C=O) groups is 2. The van der Waals surface area contributed by atoms with E-state index < -0.39 is 5.54 Å². The molecular formula is C26H29Cl3N2O2. The zero-order valence-electron chi connectivity index (χ0n) is 18.8. The maximum absolute atomic E-state index is 13.2. The van der Waals surface area contributed by atoms with Crippen LogP contribution in [-0.2, 0) is 9.59 Å². The monoisotopic (exact) mass is 506 g/mol. The van der Waals surface area contributed by atoms with Gasteiger partial charge in [-0.3, -0.25) is 9.59 Å². The first-order valence-electron chi connectivity index (χ1n) is 11.5. The Morgan fingerprint density at radius 1 is 1.12 bits per heavy atom. The minimum absolute atomic E-state index is 0.0287. The van der Waals surface area contributed by atoms with Gasteiger partial charge in [-0.2, -0.15) is 0 Å². The fourth-order valence-corrected chi connectivity index (χ4v) is 6.20. The second-order valence-electron chi connectivity index (χ2n) is 9.66. The van der Waals surface area contributed by atoms with E-state index in [0.29, 0.717) is 46.8 Å². The molecule has 4 rings (SSSR count). The molecule has 0 spiro atoms. The normalized spacial score (nSPS) is 26.7. The first-order valence-corrected chi connectivity index (χ1v) is 12.6. The van der Waals surface area contributed by atoms with Crippen molar-refractivity contribution in [2.75, 3.05) is 6.54 Å². The minimum atomic E-state index is -0.923. The second kappa shape index (κ2) is 9.85. The van der Waals surface area contributed by atoms with Crippen LogP contribution < -0.4 is 10.6 Å². The van der Waals surface area contributed by atoms with E-state index in [2.05, 4.69) is 24.5 Å². The molecule has 1 aliphatic carbocycles. The Balaban J connectivity index is 1.74. The highest BCUT2D eigenvalue weighted by Crippen LogP contribution is 2.54. The largest absolute Gasteiger partial charge is 0.354 e. The van der Waals surface area contributed by atoms with Gasteiger partial charge >= 0.3 is 0 Å². The summed E-state index contributed by atoms with van der Waals surface area (Å²) in [7, 11) is 0. The summed E-state index contributed by atoms with van der Waals surface area (Å²) in [6.07, 6.45) is 2.48. The lowest BCUT2D eigenvalue weighted by Crippen LogP contribution is -2.60. The van der Waals surface area contributed by atoms with E-state index in [9.17, 15) is 9.59 Å². The topological polar surface area (TPSA) is 58.2 Å². The molecule has 1 saturated heterocycles. The van der Waals surface area contributed by atoms with Crippen LogP contribution in [0.4, 0.5) is 0 Å². The molecule has 1 heterocycles. The van der Waals surface area contributed by atoms with Gasteiger partial charge in [0, 0.05) is 34.0 Å². The highest BCUT2D eigenvalue weighted by atomic mass is 35.5. The van der Waals surface area contributed by atoms with E-state index >= 15 is 0 Å². The van der Waals surface area contributed by atoms with Gasteiger partial charge in [-0.05, 0) is 72.4 Å². The number of benzene rings is 2. The van der Waals surface area contributed by atoms with E-state index in [1.54, 1.807) is 6.07 Å². The van der Waals surface area contributed by atoms with Gasteiger partial charge in [0.25, 0.3) is 0 Å². The zero-order valence-corrected chi connectivity index (χ0v) is 21.1. The Labute approximate surface area is 210 Å². The highest BCUT2D eigenvalue weighted by Gasteiger charge is 2.58. The summed E-state index contributed by atoms with van der Waals surface area (Å²) >= 11 is 19.0. The fraction of sp³-hybridized carbons (Fsp3) is 0.462. The number of hydrogen-bond donors (Lipinski definition) is 2. The lowest BCUT2D eigenvalue weighted by atomic mass is 9.60. The first kappa shape index (κ1) is 24.4. The predicted octanol–water partition coefficient (Wildman–Crippen LogP) is 6.35. The molecule has 1 aliphatic heterocycles. The Morgan fingerprint density at radius 3 is 2.48 bits per heavy atom. The minimum Gasteiger partial charge on any atom is -0.354 e. The van der Waals surface area contributed by atoms with Crippen molar-refractivity contribution in [3.63, 3.8) is 0 Å². The van der Waals surface area contributed by atoms with E-state index in [-0.39, 0.29) is 29.6 Å². The summed E-state index contributed by atoms with van der Waals surface area (Å²) in [5, 5.41) is 8.09. The maximum Gasteiger partial charge on any atom is 0.246 e. The summed E-state index contributed by atoms with van der Waals surface area (Å²) in [6, 6.07) is 13.4. The van der Waals surface area contributed by atoms with Crippen molar-refractivity contribution in [3.05, 3.63) is 68.7 Å². The van der Waals surface area contributed by atoms with Gasteiger partial charge in [-0.25, -0.2) is 0 Å². The van der Waals surface area contributed by atoms with Gasteiger partial charge in [0.1, 0.15) is 5.54 Å². The molecule has 7 heteroatoms. The van der Waals surface area contributed by atoms with Crippen LogP contribution in [0, 0.1) is 11.8 Å². The maximum atomic E-state index is 13.2. The van der Waals surface area contributed by atoms with E-state index in [4.69, 9.17) is 34.8 Å². The molecule has 33 heavy (non-hydrogen) atoms. The molecule has 2 amide bonds. The first-order chi connectivity index (χ1) is 15.7. The molecule has 2 aliphatic rings. The van der Waals surface area contributed by atoms with E-state index in [1.807, 2.05) is 36.4 Å². The number of carbonyl (C=O) groups excluding carboxylic acids is 2. The summed E-state index contributed by atoms with van der Waals surface area (Å²) in [5.41, 5.74) is 1.17. The quantitative estimate of drug-likeness (QED) is 0.479. The van der Waals surface area contributed by atoms with Crippen LogP contribution in [0.1, 0.15) is 62.5 Å². The van der Waals surface area contributed by atoms with Gasteiger partial charge < -0.3 is 10.6 Å². The Bertz CT molecular complexity index is 1040. The van der Waals surface area contributed by atoms with Crippen LogP contribution in [0.15, 0.2) is 42.5 Å². The van der Waals surface area contributed by atoms with Crippen LogP contribution in [0.3, 0.4) is 0 Å². The van der Waals surface area contributed by atoms with Crippen molar-refractivity contribution in [1.29, 1.82) is 0 Å². The van der Waals surface area contributed by atoms with Crippen LogP contribution in [0.2, 0.25) is 15.1 Å². The molecule has 2 N–H and O–H groups in total. The van der Waals surface area contributed by atoms with Crippen molar-refractivity contribution in [3.8, 4) is 0 Å². The van der Waals surface area contributed by atoms with E-state index in [0.717, 1.165) is 17.5 Å². The molecule has 4 nitrogen and oxygen atoms in total. The fourth-order valence-electron chi connectivity index (χ4n) is 5.52. The number of amides is 2. The average molecular weight is 508 g/mol. The number of fused-ring (bicyclic) bond motifs is 1. The lowest BCUT2D eigenvalue weighted by Gasteiger charge is -2.47. The Hall–Kier alpha value is -1.75. The summed E-state index contributed by atoms with van der Waals surface area (Å²) in [5.74, 6) is 0.202. The number of nitrogens with one attached hydrogen (secondary N) is 2. The third-order valence-corrected chi connectivity index (χ3v) is 7.98. The zero-order chi connectivity index (χ0) is 23.8. The standard InChI is InChI=1S/C26H29Cl3N2O2/c1-15(2)3-10-23(32)31-26-12-11-20(19-9-8-18(28)13-22(19)29)24(21(26)14-30-25(26)33)16-4-6-17(27)7-5-16/h4-9,13,15,20-21,24H,3,10-12,14H2,1-2H3,(H,30,33)(H,31,32)/t20-,21-,24-,26-/m0/s1. The molecule has 0 unspecified atom stereocenters. The van der Waals surface area contributed by atoms with Gasteiger partial charge in [0.2, 0.25) is 11.8 Å². The van der Waals surface area contributed by atoms with Crippen LogP contribution in [0.25, 0.3) is 0 Å². The molecule has 0 radical (unpaired) electrons. The van der Waals surface area contributed by atoms with Crippen molar-refractivity contribution in [2.45, 2.75) is 56.9 Å². The number of halogens is 3. The van der Waals surface area contributed by atoms with Crippen molar-refractivity contribution in [1.82, 2.24) is 10.6 Å². The third kappa shape index (κ3) is 4.89.